The summed E-state index contributed by atoms with van der Waals surface area (Å²) in [6, 6.07) is 3.91. The second-order valence-corrected chi connectivity index (χ2v) is 11.9. The summed E-state index contributed by atoms with van der Waals surface area (Å²) in [5, 5.41) is 8.86. The van der Waals surface area contributed by atoms with Gasteiger partial charge in [-0.05, 0) is 95.0 Å². The lowest BCUT2D eigenvalue weighted by Crippen LogP contribution is -2.37. The lowest BCUT2D eigenvalue weighted by molar-refractivity contribution is -0.137. The molecule has 0 saturated carbocycles. The first-order valence-corrected chi connectivity index (χ1v) is 13.4. The van der Waals surface area contributed by atoms with E-state index in [1.807, 2.05) is 46.8 Å². The zero-order valence-corrected chi connectivity index (χ0v) is 21.5. The van der Waals surface area contributed by atoms with Crippen molar-refractivity contribution in [2.75, 3.05) is 10.8 Å². The van der Waals surface area contributed by atoms with Gasteiger partial charge in [0.15, 0.2) is 0 Å². The van der Waals surface area contributed by atoms with Crippen LogP contribution in [0.4, 0.5) is 5.82 Å². The largest absolute Gasteiger partial charge is 0.487 e. The van der Waals surface area contributed by atoms with Crippen LogP contribution in [0.2, 0.25) is 0 Å². The van der Waals surface area contributed by atoms with Gasteiger partial charge in [-0.2, -0.15) is 0 Å². The van der Waals surface area contributed by atoms with Gasteiger partial charge >= 0.3 is 5.97 Å². The maximum Gasteiger partial charge on any atom is 0.303 e. The molecule has 0 aliphatic carbocycles. The molecular weight excluding hydrogens is 452 g/mol. The average molecular weight is 487 g/mol. The van der Waals surface area contributed by atoms with Gasteiger partial charge in [-0.25, -0.2) is 17.7 Å². The van der Waals surface area contributed by atoms with Crippen LogP contribution in [0, 0.1) is 20.8 Å². The molecule has 0 atom stereocenters. The van der Waals surface area contributed by atoms with E-state index in [1.165, 1.54) is 4.31 Å². The third kappa shape index (κ3) is 4.40. The number of hydrogen-bond donors (Lipinski definition) is 1. The number of sulfonamides is 1. The van der Waals surface area contributed by atoms with Crippen LogP contribution in [-0.2, 0) is 34.1 Å². The van der Waals surface area contributed by atoms with Crippen molar-refractivity contribution in [3.05, 3.63) is 45.6 Å². The molecule has 0 radical (unpaired) electrons. The van der Waals surface area contributed by atoms with E-state index in [1.54, 1.807) is 0 Å². The van der Waals surface area contributed by atoms with Gasteiger partial charge in [0.25, 0.3) is 10.0 Å². The van der Waals surface area contributed by atoms with Gasteiger partial charge in [0, 0.05) is 30.6 Å². The summed E-state index contributed by atoms with van der Waals surface area (Å²) < 4.78 is 35.9. The highest BCUT2D eigenvalue weighted by molar-refractivity contribution is 7.93. The highest BCUT2D eigenvalue weighted by Gasteiger charge is 2.39. The molecule has 0 saturated heterocycles. The van der Waals surface area contributed by atoms with Crippen LogP contribution < -0.4 is 9.04 Å². The Bertz CT molecular complexity index is 1250. The van der Waals surface area contributed by atoms with Crippen LogP contribution in [0.25, 0.3) is 0 Å². The Morgan fingerprint density at radius 2 is 1.88 bits per heavy atom. The van der Waals surface area contributed by atoms with Crippen molar-refractivity contribution >= 4 is 21.8 Å². The Morgan fingerprint density at radius 1 is 1.15 bits per heavy atom. The highest BCUT2D eigenvalue weighted by atomic mass is 32.2. The van der Waals surface area contributed by atoms with E-state index in [2.05, 4.69) is 0 Å². The van der Waals surface area contributed by atoms with Crippen molar-refractivity contribution < 1.29 is 23.1 Å². The molecular formula is C26H34N2O5S. The van der Waals surface area contributed by atoms with E-state index in [-0.39, 0.29) is 12.0 Å². The smallest absolute Gasteiger partial charge is 0.303 e. The summed E-state index contributed by atoms with van der Waals surface area (Å²) in [5.41, 5.74) is 4.71. The molecule has 4 rings (SSSR count). The Hall–Kier alpha value is -2.61. The van der Waals surface area contributed by atoms with Crippen molar-refractivity contribution in [1.29, 1.82) is 0 Å². The summed E-state index contributed by atoms with van der Waals surface area (Å²) >= 11 is 0. The number of ether oxygens (including phenoxy) is 1. The van der Waals surface area contributed by atoms with Crippen LogP contribution in [0.1, 0.15) is 73.0 Å². The Morgan fingerprint density at radius 3 is 2.59 bits per heavy atom. The lowest BCUT2D eigenvalue weighted by Gasteiger charge is -2.31. The second kappa shape index (κ2) is 8.87. The van der Waals surface area contributed by atoms with Crippen LogP contribution in [-0.4, -0.2) is 36.6 Å². The van der Waals surface area contributed by atoms with E-state index < -0.39 is 16.0 Å². The van der Waals surface area contributed by atoms with Gasteiger partial charge in [-0.3, -0.25) is 4.79 Å². The summed E-state index contributed by atoms with van der Waals surface area (Å²) in [6.45, 7) is 10.1. The van der Waals surface area contributed by atoms with Crippen molar-refractivity contribution in [2.45, 2.75) is 90.1 Å². The van der Waals surface area contributed by atoms with E-state index in [0.717, 1.165) is 52.1 Å². The lowest BCUT2D eigenvalue weighted by atomic mass is 9.94. The number of aliphatic carboxylic acids is 1. The zero-order chi connectivity index (χ0) is 24.8. The molecule has 0 spiro atoms. The number of carboxylic acids is 1. The van der Waals surface area contributed by atoms with Crippen molar-refractivity contribution in [2.24, 2.45) is 0 Å². The number of nitrogens with zero attached hydrogens (tertiary/aromatic N) is 2. The van der Waals surface area contributed by atoms with E-state index in [4.69, 9.17) is 14.8 Å². The minimum absolute atomic E-state index is 0.127. The standard InChI is InChI=1S/C26H34N2O5S/c1-16-17(2)24(18(3)21-15-26(4,5)33-23(16)21)34(31,32)28-14-8-9-19-12-13-20(27-25(19)28)10-6-7-11-22(29)30/h12-13H,6-11,14-15H2,1-5H3,(H,29,30). The van der Waals surface area contributed by atoms with Gasteiger partial charge in [0.1, 0.15) is 17.2 Å². The first kappa shape index (κ1) is 24.5. The fourth-order valence-electron chi connectivity index (χ4n) is 5.14. The van der Waals surface area contributed by atoms with E-state index >= 15 is 0 Å². The van der Waals surface area contributed by atoms with Crippen LogP contribution in [0.3, 0.4) is 0 Å². The maximum atomic E-state index is 14.1. The first-order chi connectivity index (χ1) is 15.9. The number of unbranched alkanes of at least 4 members (excludes halogenated alkanes) is 1. The molecule has 0 fully saturated rings. The molecule has 2 aromatic rings. The third-order valence-corrected chi connectivity index (χ3v) is 9.03. The number of aryl methyl sites for hydroxylation is 2. The minimum Gasteiger partial charge on any atom is -0.487 e. The van der Waals surface area contributed by atoms with Gasteiger partial charge < -0.3 is 9.84 Å². The Labute approximate surface area is 202 Å². The molecule has 8 heteroatoms. The topological polar surface area (TPSA) is 96.8 Å². The minimum atomic E-state index is -3.83. The normalized spacial score (nSPS) is 16.7. The van der Waals surface area contributed by atoms with Gasteiger partial charge in [0.05, 0.1) is 4.90 Å². The SMILES string of the molecule is Cc1c(C)c(S(=O)(=O)N2CCCc3ccc(CCCCC(=O)O)nc32)c(C)c2c1OC(C)(C)C2. The molecule has 0 unspecified atom stereocenters. The quantitative estimate of drug-likeness (QED) is 0.572. The number of rotatable bonds is 7. The average Bonchev–Trinajstić information content (AvgIpc) is 3.10. The van der Waals surface area contributed by atoms with Crippen molar-refractivity contribution in [3.63, 3.8) is 0 Å². The molecule has 184 valence electrons. The molecule has 2 aliphatic heterocycles. The Balaban J connectivity index is 1.72. The molecule has 0 amide bonds. The predicted molar refractivity (Wildman–Crippen MR) is 131 cm³/mol. The fraction of sp³-hybridized carbons (Fsp3) is 0.538. The molecule has 1 aromatic carbocycles. The number of anilines is 1. The highest BCUT2D eigenvalue weighted by Crippen LogP contribution is 2.45. The van der Waals surface area contributed by atoms with Gasteiger partial charge in [0.2, 0.25) is 0 Å². The summed E-state index contributed by atoms with van der Waals surface area (Å²) in [7, 11) is -3.83. The zero-order valence-electron chi connectivity index (χ0n) is 20.7. The van der Waals surface area contributed by atoms with Crippen molar-refractivity contribution in [3.8, 4) is 5.75 Å². The van der Waals surface area contributed by atoms with E-state index in [0.29, 0.717) is 42.9 Å². The van der Waals surface area contributed by atoms with Gasteiger partial charge in [-0.15, -0.1) is 0 Å². The number of carbonyl (C=O) groups is 1. The number of carboxylic acid groups (broad SMARTS) is 1. The Kier molecular flexibility index (Phi) is 6.40. The maximum absolute atomic E-state index is 14.1. The van der Waals surface area contributed by atoms with Crippen molar-refractivity contribution in [1.82, 2.24) is 4.98 Å². The molecule has 7 nitrogen and oxygen atoms in total. The van der Waals surface area contributed by atoms with E-state index in [9.17, 15) is 13.2 Å². The van der Waals surface area contributed by atoms with Crippen LogP contribution in [0.5, 0.6) is 5.75 Å². The number of fused-ring (bicyclic) bond motifs is 2. The van der Waals surface area contributed by atoms with Crippen LogP contribution >= 0.6 is 0 Å². The molecule has 1 aromatic heterocycles. The van der Waals surface area contributed by atoms with Gasteiger partial charge in [-0.1, -0.05) is 6.07 Å². The second-order valence-electron chi connectivity index (χ2n) is 10.1. The monoisotopic (exact) mass is 486 g/mol. The molecule has 34 heavy (non-hydrogen) atoms. The summed E-state index contributed by atoms with van der Waals surface area (Å²) in [5.74, 6) is 0.523. The third-order valence-electron chi connectivity index (χ3n) is 6.97. The number of pyridine rings is 1. The molecule has 0 bridgehead atoms. The molecule has 3 heterocycles. The predicted octanol–water partition coefficient (Wildman–Crippen LogP) is 4.66. The molecule has 2 aliphatic rings. The fourth-order valence-corrected chi connectivity index (χ4v) is 7.17. The van der Waals surface area contributed by atoms with Crippen LogP contribution in [0.15, 0.2) is 17.0 Å². The first-order valence-electron chi connectivity index (χ1n) is 12.0. The number of benzene rings is 1. The number of hydrogen-bond acceptors (Lipinski definition) is 5. The number of aromatic nitrogens is 1. The summed E-state index contributed by atoms with van der Waals surface area (Å²) in [6.07, 6.45) is 4.22. The molecule has 1 N–H and O–H groups in total. The summed E-state index contributed by atoms with van der Waals surface area (Å²) in [4.78, 5) is 15.9.